The fourth-order valence-corrected chi connectivity index (χ4v) is 4.00. The van der Waals surface area contributed by atoms with Crippen molar-refractivity contribution >= 4 is 28.2 Å². The predicted molar refractivity (Wildman–Crippen MR) is 145 cm³/mol. The highest BCUT2D eigenvalue weighted by Gasteiger charge is 2.15. The van der Waals surface area contributed by atoms with Crippen molar-refractivity contribution in [2.45, 2.75) is 26.7 Å². The van der Waals surface area contributed by atoms with Gasteiger partial charge in [0.05, 0.1) is 11.3 Å². The molecule has 0 saturated heterocycles. The summed E-state index contributed by atoms with van der Waals surface area (Å²) in [4.78, 5) is 30.2. The molecule has 2 N–H and O–H groups in total. The van der Waals surface area contributed by atoms with Crippen LogP contribution in [-0.2, 0) is 12.8 Å². The summed E-state index contributed by atoms with van der Waals surface area (Å²) in [5.41, 5.74) is 3.23. The lowest BCUT2D eigenvalue weighted by Crippen LogP contribution is -2.19. The number of fused-ring (bicyclic) bond motifs is 1. The fraction of sp³-hybridized carbons (Fsp3) is 0.138. The first-order chi connectivity index (χ1) is 18.1. The van der Waals surface area contributed by atoms with Crippen molar-refractivity contribution in [3.8, 4) is 23.0 Å². The van der Waals surface area contributed by atoms with Crippen LogP contribution in [0, 0.1) is 0 Å². The number of rotatable bonds is 7. The van der Waals surface area contributed by atoms with Crippen LogP contribution in [0.5, 0.6) is 11.6 Å². The molecule has 2 amide bonds. The van der Waals surface area contributed by atoms with Crippen molar-refractivity contribution in [2.24, 2.45) is 0 Å². The number of hydrogen-bond donors (Lipinski definition) is 2. The predicted octanol–water partition coefficient (Wildman–Crippen LogP) is 6.65. The Morgan fingerprint density at radius 1 is 0.838 bits per heavy atom. The van der Waals surface area contributed by atoms with Crippen LogP contribution in [0.2, 0.25) is 0 Å². The Bertz CT molecular complexity index is 1570. The Morgan fingerprint density at radius 3 is 2.54 bits per heavy atom. The third-order valence-electron chi connectivity index (χ3n) is 5.88. The van der Waals surface area contributed by atoms with E-state index in [-0.39, 0.29) is 6.03 Å². The summed E-state index contributed by atoms with van der Waals surface area (Å²) < 4.78 is 6.29. The van der Waals surface area contributed by atoms with Crippen LogP contribution in [0.3, 0.4) is 0 Å². The topological polar surface area (TPSA) is 102 Å². The van der Waals surface area contributed by atoms with Crippen molar-refractivity contribution in [1.82, 2.24) is 19.9 Å². The van der Waals surface area contributed by atoms with Gasteiger partial charge in [0.2, 0.25) is 5.88 Å². The zero-order chi connectivity index (χ0) is 25.6. The summed E-state index contributed by atoms with van der Waals surface area (Å²) >= 11 is 0. The molecule has 0 radical (unpaired) electrons. The number of hydrogen-bond acceptors (Lipinski definition) is 6. The summed E-state index contributed by atoms with van der Waals surface area (Å²) in [7, 11) is 0. The van der Waals surface area contributed by atoms with E-state index in [0.717, 1.165) is 28.4 Å². The average Bonchev–Trinajstić information content (AvgIpc) is 2.94. The standard InChI is InChI=1S/C29H26N6O2/c1-3-19-9-7-10-20(17-19)33-29(36)34-24-14-15-25(22-12-6-5-11-21(22)24)37-28-23(13-8-16-30-28)27-32-18-31-26(4-2)35-27/h5-18H,3-4H2,1-2H3,(H2,33,34,36). The lowest BCUT2D eigenvalue weighted by atomic mass is 10.1. The van der Waals surface area contributed by atoms with Gasteiger partial charge in [0, 0.05) is 29.1 Å². The van der Waals surface area contributed by atoms with Gasteiger partial charge in [-0.2, -0.15) is 0 Å². The molecule has 8 nitrogen and oxygen atoms in total. The Balaban J connectivity index is 1.43. The summed E-state index contributed by atoms with van der Waals surface area (Å²) in [5.74, 6) is 2.18. The Hall–Kier alpha value is -4.85. The van der Waals surface area contributed by atoms with Crippen LogP contribution in [0.25, 0.3) is 22.2 Å². The molecule has 2 aromatic heterocycles. The van der Waals surface area contributed by atoms with Crippen molar-refractivity contribution in [2.75, 3.05) is 10.6 Å². The molecule has 0 fully saturated rings. The second-order valence-electron chi connectivity index (χ2n) is 8.33. The molecule has 8 heteroatoms. The van der Waals surface area contributed by atoms with E-state index in [1.807, 2.05) is 79.7 Å². The number of aryl methyl sites for hydroxylation is 2. The number of aromatic nitrogens is 4. The van der Waals surface area contributed by atoms with Crippen LogP contribution < -0.4 is 15.4 Å². The summed E-state index contributed by atoms with van der Waals surface area (Å²) in [6, 6.07) is 22.5. The van der Waals surface area contributed by atoms with E-state index < -0.39 is 0 Å². The number of pyridine rings is 1. The molecule has 5 aromatic rings. The minimum absolute atomic E-state index is 0.319. The molecular weight excluding hydrogens is 464 g/mol. The second-order valence-corrected chi connectivity index (χ2v) is 8.33. The highest BCUT2D eigenvalue weighted by Crippen LogP contribution is 2.36. The molecule has 0 aliphatic carbocycles. The normalized spacial score (nSPS) is 10.8. The van der Waals surface area contributed by atoms with Crippen LogP contribution in [0.15, 0.2) is 85.3 Å². The smallest absolute Gasteiger partial charge is 0.323 e. The van der Waals surface area contributed by atoms with E-state index in [4.69, 9.17) is 4.74 Å². The van der Waals surface area contributed by atoms with E-state index >= 15 is 0 Å². The number of benzene rings is 3. The van der Waals surface area contributed by atoms with Crippen molar-refractivity contribution in [3.05, 3.63) is 96.7 Å². The maximum absolute atomic E-state index is 12.8. The molecule has 184 valence electrons. The van der Waals surface area contributed by atoms with Crippen LogP contribution >= 0.6 is 0 Å². The van der Waals surface area contributed by atoms with Gasteiger partial charge in [0.1, 0.15) is 17.9 Å². The maximum Gasteiger partial charge on any atom is 0.323 e. The summed E-state index contributed by atoms with van der Waals surface area (Å²) in [5, 5.41) is 7.54. The quantitative estimate of drug-likeness (QED) is 0.265. The van der Waals surface area contributed by atoms with Crippen molar-refractivity contribution < 1.29 is 9.53 Å². The average molecular weight is 491 g/mol. The van der Waals surface area contributed by atoms with Gasteiger partial charge in [-0.25, -0.2) is 24.7 Å². The third kappa shape index (κ3) is 5.38. The van der Waals surface area contributed by atoms with Crippen LogP contribution in [0.1, 0.15) is 25.2 Å². The second kappa shape index (κ2) is 10.8. The van der Waals surface area contributed by atoms with E-state index in [2.05, 4.69) is 37.5 Å². The molecule has 0 saturated carbocycles. The highest BCUT2D eigenvalue weighted by atomic mass is 16.5. The number of carbonyl (C=O) groups excluding carboxylic acids is 1. The molecule has 2 heterocycles. The Kier molecular flexibility index (Phi) is 6.98. The first-order valence-corrected chi connectivity index (χ1v) is 12.1. The molecule has 0 spiro atoms. The number of nitrogens with zero attached hydrogens (tertiary/aromatic N) is 4. The van der Waals surface area contributed by atoms with Crippen LogP contribution in [0.4, 0.5) is 16.2 Å². The highest BCUT2D eigenvalue weighted by molar-refractivity contribution is 6.07. The number of carbonyl (C=O) groups is 1. The van der Waals surface area contributed by atoms with Gasteiger partial charge in [-0.1, -0.05) is 50.2 Å². The van der Waals surface area contributed by atoms with Crippen LogP contribution in [-0.4, -0.2) is 26.0 Å². The van der Waals surface area contributed by atoms with E-state index in [1.165, 1.54) is 6.33 Å². The van der Waals surface area contributed by atoms with Gasteiger partial charge in [0.25, 0.3) is 0 Å². The molecule has 3 aromatic carbocycles. The number of urea groups is 1. The molecule has 5 rings (SSSR count). The van der Waals surface area contributed by atoms with E-state index in [0.29, 0.717) is 40.9 Å². The lowest BCUT2D eigenvalue weighted by Gasteiger charge is -2.15. The van der Waals surface area contributed by atoms with E-state index in [1.54, 1.807) is 6.20 Å². The lowest BCUT2D eigenvalue weighted by molar-refractivity contribution is 0.262. The molecule has 0 aliphatic rings. The van der Waals surface area contributed by atoms with Crippen molar-refractivity contribution in [3.63, 3.8) is 0 Å². The third-order valence-corrected chi connectivity index (χ3v) is 5.88. The zero-order valence-electron chi connectivity index (χ0n) is 20.6. The maximum atomic E-state index is 12.8. The first kappa shape index (κ1) is 23.9. The van der Waals surface area contributed by atoms with Gasteiger partial charge in [-0.15, -0.1) is 0 Å². The minimum Gasteiger partial charge on any atom is -0.438 e. The number of amides is 2. The van der Waals surface area contributed by atoms with Gasteiger partial charge in [-0.05, 0) is 48.4 Å². The minimum atomic E-state index is -0.319. The largest absolute Gasteiger partial charge is 0.438 e. The first-order valence-electron chi connectivity index (χ1n) is 12.1. The van der Waals surface area contributed by atoms with Gasteiger partial charge < -0.3 is 15.4 Å². The number of anilines is 2. The number of nitrogens with one attached hydrogen (secondary N) is 2. The zero-order valence-corrected chi connectivity index (χ0v) is 20.6. The van der Waals surface area contributed by atoms with E-state index in [9.17, 15) is 4.79 Å². The molecule has 0 unspecified atom stereocenters. The van der Waals surface area contributed by atoms with Gasteiger partial charge in [-0.3, -0.25) is 0 Å². The van der Waals surface area contributed by atoms with Gasteiger partial charge >= 0.3 is 6.03 Å². The number of ether oxygens (including phenoxy) is 1. The molecule has 37 heavy (non-hydrogen) atoms. The fourth-order valence-electron chi connectivity index (χ4n) is 4.00. The SMILES string of the molecule is CCc1cccc(NC(=O)Nc2ccc(Oc3ncccc3-c3ncnc(CC)n3)c3ccccc23)c1. The van der Waals surface area contributed by atoms with Gasteiger partial charge in [0.15, 0.2) is 5.82 Å². The summed E-state index contributed by atoms with van der Waals surface area (Å²) in [6.07, 6.45) is 4.76. The van der Waals surface area contributed by atoms with Crippen molar-refractivity contribution in [1.29, 1.82) is 0 Å². The Morgan fingerprint density at radius 2 is 1.70 bits per heavy atom. The summed E-state index contributed by atoms with van der Waals surface area (Å²) in [6.45, 7) is 4.07. The Labute approximate surface area is 214 Å². The molecular formula is C29H26N6O2. The monoisotopic (exact) mass is 490 g/mol. The molecule has 0 atom stereocenters. The molecule has 0 aliphatic heterocycles. The molecule has 0 bridgehead atoms.